The van der Waals surface area contributed by atoms with Gasteiger partial charge in [0.1, 0.15) is 11.7 Å². The third-order valence-electron chi connectivity index (χ3n) is 2.69. The molecule has 2 heterocycles. The number of hydrogen-bond donors (Lipinski definition) is 1. The van der Waals surface area contributed by atoms with Crippen LogP contribution in [0.3, 0.4) is 0 Å². The summed E-state index contributed by atoms with van der Waals surface area (Å²) in [6, 6.07) is 4.97. The number of rotatable bonds is 4. The SMILES string of the molecule is COC(=O)C(C)NC(=O)Cc1cn2ccccc2n1. The Morgan fingerprint density at radius 3 is 2.95 bits per heavy atom. The van der Waals surface area contributed by atoms with E-state index in [1.807, 2.05) is 28.8 Å². The maximum atomic E-state index is 11.8. The molecule has 0 spiro atoms. The maximum Gasteiger partial charge on any atom is 0.328 e. The number of pyridine rings is 1. The maximum absolute atomic E-state index is 11.8. The van der Waals surface area contributed by atoms with Crippen molar-refractivity contribution < 1.29 is 14.3 Å². The quantitative estimate of drug-likeness (QED) is 0.816. The van der Waals surface area contributed by atoms with Crippen LogP contribution in [0.25, 0.3) is 5.65 Å². The van der Waals surface area contributed by atoms with Crippen LogP contribution in [-0.4, -0.2) is 34.4 Å². The number of aromatic nitrogens is 2. The number of carbonyl (C=O) groups is 2. The summed E-state index contributed by atoms with van der Waals surface area (Å²) in [6.07, 6.45) is 3.78. The van der Waals surface area contributed by atoms with Gasteiger partial charge >= 0.3 is 5.97 Å². The van der Waals surface area contributed by atoms with Crippen LogP contribution in [0.15, 0.2) is 30.6 Å². The Balaban J connectivity index is 2.00. The minimum atomic E-state index is -0.658. The summed E-state index contributed by atoms with van der Waals surface area (Å²) in [6.45, 7) is 1.58. The van der Waals surface area contributed by atoms with Gasteiger partial charge in [-0.1, -0.05) is 6.07 Å². The monoisotopic (exact) mass is 261 g/mol. The molecule has 0 aliphatic carbocycles. The Hall–Kier alpha value is -2.37. The van der Waals surface area contributed by atoms with Crippen molar-refractivity contribution in [3.63, 3.8) is 0 Å². The Morgan fingerprint density at radius 1 is 1.47 bits per heavy atom. The van der Waals surface area contributed by atoms with Gasteiger partial charge in [0.25, 0.3) is 0 Å². The highest BCUT2D eigenvalue weighted by Gasteiger charge is 2.16. The van der Waals surface area contributed by atoms with Crippen molar-refractivity contribution in [2.24, 2.45) is 0 Å². The molecular weight excluding hydrogens is 246 g/mol. The standard InChI is InChI=1S/C13H15N3O3/c1-9(13(18)19-2)14-12(17)7-10-8-16-6-4-3-5-11(16)15-10/h3-6,8-9H,7H2,1-2H3,(H,14,17). The second-order valence-electron chi connectivity index (χ2n) is 4.19. The van der Waals surface area contributed by atoms with Gasteiger partial charge in [-0.25, -0.2) is 9.78 Å². The number of nitrogens with zero attached hydrogens (tertiary/aromatic N) is 2. The molecule has 2 aromatic heterocycles. The van der Waals surface area contributed by atoms with Crippen LogP contribution in [0, 0.1) is 0 Å². The molecule has 1 unspecified atom stereocenters. The van der Waals surface area contributed by atoms with Gasteiger partial charge in [0, 0.05) is 12.4 Å². The summed E-state index contributed by atoms with van der Waals surface area (Å²) in [5.41, 5.74) is 1.44. The zero-order valence-corrected chi connectivity index (χ0v) is 10.8. The summed E-state index contributed by atoms with van der Waals surface area (Å²) in [5, 5.41) is 2.56. The molecular formula is C13H15N3O3. The minimum absolute atomic E-state index is 0.128. The largest absolute Gasteiger partial charge is 0.467 e. The lowest BCUT2D eigenvalue weighted by molar-refractivity contribution is -0.144. The summed E-state index contributed by atoms with van der Waals surface area (Å²) in [4.78, 5) is 27.2. The third-order valence-corrected chi connectivity index (χ3v) is 2.69. The summed E-state index contributed by atoms with van der Waals surface area (Å²) < 4.78 is 6.38. The molecule has 0 aliphatic rings. The first kappa shape index (κ1) is 13.1. The fraction of sp³-hybridized carbons (Fsp3) is 0.308. The topological polar surface area (TPSA) is 72.7 Å². The van der Waals surface area contributed by atoms with Crippen LogP contribution in [0.5, 0.6) is 0 Å². The predicted molar refractivity (Wildman–Crippen MR) is 68.5 cm³/mol. The number of amides is 1. The fourth-order valence-corrected chi connectivity index (χ4v) is 1.77. The van der Waals surface area contributed by atoms with Crippen molar-refractivity contribution in [1.29, 1.82) is 0 Å². The molecule has 6 heteroatoms. The van der Waals surface area contributed by atoms with Crippen molar-refractivity contribution in [1.82, 2.24) is 14.7 Å². The smallest absolute Gasteiger partial charge is 0.328 e. The predicted octanol–water partition coefficient (Wildman–Crippen LogP) is 0.554. The first-order valence-corrected chi connectivity index (χ1v) is 5.90. The number of imidazole rings is 1. The molecule has 0 saturated carbocycles. The van der Waals surface area contributed by atoms with Crippen LogP contribution >= 0.6 is 0 Å². The molecule has 0 aliphatic heterocycles. The second kappa shape index (κ2) is 5.51. The third kappa shape index (κ3) is 3.09. The Kier molecular flexibility index (Phi) is 3.79. The van der Waals surface area contributed by atoms with Gasteiger partial charge < -0.3 is 14.5 Å². The van der Waals surface area contributed by atoms with E-state index in [1.165, 1.54) is 7.11 Å². The fourth-order valence-electron chi connectivity index (χ4n) is 1.77. The van der Waals surface area contributed by atoms with Gasteiger partial charge in [-0.15, -0.1) is 0 Å². The summed E-state index contributed by atoms with van der Waals surface area (Å²) in [5.74, 6) is -0.732. The molecule has 6 nitrogen and oxygen atoms in total. The number of methoxy groups -OCH3 is 1. The molecule has 0 saturated heterocycles. The molecule has 0 radical (unpaired) electrons. The first-order valence-electron chi connectivity index (χ1n) is 5.90. The Morgan fingerprint density at radius 2 is 2.26 bits per heavy atom. The van der Waals surface area contributed by atoms with Crippen LogP contribution < -0.4 is 5.32 Å². The van der Waals surface area contributed by atoms with E-state index in [1.54, 1.807) is 13.1 Å². The van der Waals surface area contributed by atoms with Crippen molar-refractivity contribution in [3.8, 4) is 0 Å². The van der Waals surface area contributed by atoms with Crippen LogP contribution in [0.1, 0.15) is 12.6 Å². The van der Waals surface area contributed by atoms with E-state index in [2.05, 4.69) is 15.0 Å². The zero-order chi connectivity index (χ0) is 13.8. The molecule has 1 N–H and O–H groups in total. The molecule has 0 aromatic carbocycles. The number of nitrogens with one attached hydrogen (secondary N) is 1. The molecule has 1 amide bonds. The van der Waals surface area contributed by atoms with E-state index >= 15 is 0 Å². The van der Waals surface area contributed by atoms with Crippen LogP contribution in [0.4, 0.5) is 0 Å². The lowest BCUT2D eigenvalue weighted by Gasteiger charge is -2.10. The van der Waals surface area contributed by atoms with E-state index in [0.717, 1.165) is 5.65 Å². The second-order valence-corrected chi connectivity index (χ2v) is 4.19. The number of carbonyl (C=O) groups excluding carboxylic acids is 2. The molecule has 1 atom stereocenters. The Bertz CT molecular complexity index is 573. The minimum Gasteiger partial charge on any atom is -0.467 e. The normalized spacial score (nSPS) is 12.1. The summed E-state index contributed by atoms with van der Waals surface area (Å²) in [7, 11) is 1.28. The molecule has 2 aromatic rings. The van der Waals surface area contributed by atoms with Crippen molar-refractivity contribution >= 4 is 17.5 Å². The van der Waals surface area contributed by atoms with Crippen molar-refractivity contribution in [3.05, 3.63) is 36.3 Å². The van der Waals surface area contributed by atoms with Crippen LogP contribution in [-0.2, 0) is 20.7 Å². The van der Waals surface area contributed by atoms with Gasteiger partial charge in [-0.3, -0.25) is 4.79 Å². The van der Waals surface area contributed by atoms with E-state index in [4.69, 9.17) is 0 Å². The van der Waals surface area contributed by atoms with E-state index in [0.29, 0.717) is 5.69 Å². The van der Waals surface area contributed by atoms with E-state index in [-0.39, 0.29) is 12.3 Å². The van der Waals surface area contributed by atoms with Gasteiger partial charge in [-0.2, -0.15) is 0 Å². The zero-order valence-electron chi connectivity index (χ0n) is 10.8. The molecule has 0 fully saturated rings. The highest BCUT2D eigenvalue weighted by molar-refractivity contribution is 5.85. The van der Waals surface area contributed by atoms with E-state index < -0.39 is 12.0 Å². The highest BCUT2D eigenvalue weighted by Crippen LogP contribution is 2.05. The number of hydrogen-bond acceptors (Lipinski definition) is 4. The van der Waals surface area contributed by atoms with Crippen molar-refractivity contribution in [2.45, 2.75) is 19.4 Å². The highest BCUT2D eigenvalue weighted by atomic mass is 16.5. The first-order chi connectivity index (χ1) is 9.10. The molecule has 2 rings (SSSR count). The van der Waals surface area contributed by atoms with Crippen LogP contribution in [0.2, 0.25) is 0 Å². The number of ether oxygens (including phenoxy) is 1. The molecule has 19 heavy (non-hydrogen) atoms. The number of fused-ring (bicyclic) bond motifs is 1. The van der Waals surface area contributed by atoms with E-state index in [9.17, 15) is 9.59 Å². The molecule has 100 valence electrons. The molecule has 0 bridgehead atoms. The van der Waals surface area contributed by atoms with Gasteiger partial charge in [-0.05, 0) is 19.1 Å². The Labute approximate surface area is 110 Å². The number of esters is 1. The average molecular weight is 261 g/mol. The van der Waals surface area contributed by atoms with Gasteiger partial charge in [0.2, 0.25) is 5.91 Å². The lowest BCUT2D eigenvalue weighted by atomic mass is 10.3. The lowest BCUT2D eigenvalue weighted by Crippen LogP contribution is -2.39. The average Bonchev–Trinajstić information content (AvgIpc) is 2.79. The van der Waals surface area contributed by atoms with Gasteiger partial charge in [0.15, 0.2) is 0 Å². The van der Waals surface area contributed by atoms with Gasteiger partial charge in [0.05, 0.1) is 19.2 Å². The van der Waals surface area contributed by atoms with Crippen molar-refractivity contribution in [2.75, 3.05) is 7.11 Å². The summed E-state index contributed by atoms with van der Waals surface area (Å²) >= 11 is 0.